The molecule has 0 saturated carbocycles. The van der Waals surface area contributed by atoms with Crippen LogP contribution in [0.5, 0.6) is 0 Å². The number of carboxylic acid groups (broad SMARTS) is 1. The molecule has 2 aromatic rings. The summed E-state index contributed by atoms with van der Waals surface area (Å²) in [6.07, 6.45) is 2.04. The van der Waals surface area contributed by atoms with E-state index in [-0.39, 0.29) is 11.3 Å². The number of imidazole rings is 1. The first-order valence-electron chi connectivity index (χ1n) is 9.67. The van der Waals surface area contributed by atoms with Gasteiger partial charge in [-0.05, 0) is 38.1 Å². The van der Waals surface area contributed by atoms with Crippen molar-refractivity contribution in [2.24, 2.45) is 11.3 Å². The molecule has 1 aromatic carbocycles. The van der Waals surface area contributed by atoms with Crippen LogP contribution in [0.3, 0.4) is 0 Å². The summed E-state index contributed by atoms with van der Waals surface area (Å²) in [6, 6.07) is 7.99. The van der Waals surface area contributed by atoms with Crippen LogP contribution in [0.1, 0.15) is 32.0 Å². The third-order valence-corrected chi connectivity index (χ3v) is 6.26. The fourth-order valence-corrected chi connectivity index (χ4v) is 4.68. The predicted molar refractivity (Wildman–Crippen MR) is 101 cm³/mol. The number of H-pyrrole nitrogens is 1. The van der Waals surface area contributed by atoms with Gasteiger partial charge in [0, 0.05) is 24.9 Å². The number of hydrogen-bond acceptors (Lipinski definition) is 4. The number of aliphatic carboxylic acids is 1. The van der Waals surface area contributed by atoms with E-state index in [0.29, 0.717) is 19.5 Å². The molecule has 4 rings (SSSR count). The van der Waals surface area contributed by atoms with Gasteiger partial charge in [-0.2, -0.15) is 0 Å². The van der Waals surface area contributed by atoms with Crippen LogP contribution in [0.15, 0.2) is 24.3 Å². The molecule has 1 amide bonds. The van der Waals surface area contributed by atoms with E-state index in [0.717, 1.165) is 49.3 Å². The van der Waals surface area contributed by atoms with Crippen LogP contribution in [-0.4, -0.2) is 62.9 Å². The van der Waals surface area contributed by atoms with Crippen molar-refractivity contribution in [3.8, 4) is 0 Å². The minimum atomic E-state index is -0.771. The van der Waals surface area contributed by atoms with Crippen molar-refractivity contribution in [2.45, 2.75) is 32.7 Å². The molecule has 0 radical (unpaired) electrons. The molecule has 1 spiro atoms. The summed E-state index contributed by atoms with van der Waals surface area (Å²) in [5, 5.41) is 9.72. The van der Waals surface area contributed by atoms with Crippen molar-refractivity contribution in [3.05, 3.63) is 30.1 Å². The van der Waals surface area contributed by atoms with Crippen molar-refractivity contribution >= 4 is 22.9 Å². The van der Waals surface area contributed by atoms with Crippen molar-refractivity contribution < 1.29 is 14.7 Å². The van der Waals surface area contributed by atoms with Crippen LogP contribution < -0.4 is 0 Å². The SMILES string of the molecule is CCC(=O)N1CC(C(=O)O)C2(CCN(Cc3nc4ccccc4[nH]3)CC2)C1. The number of hydrogen-bond donors (Lipinski definition) is 2. The number of piperidine rings is 1. The lowest BCUT2D eigenvalue weighted by Crippen LogP contribution is -2.46. The monoisotopic (exact) mass is 370 g/mol. The van der Waals surface area contributed by atoms with E-state index in [4.69, 9.17) is 0 Å². The third-order valence-electron chi connectivity index (χ3n) is 6.26. The number of rotatable bonds is 4. The van der Waals surface area contributed by atoms with Gasteiger partial charge < -0.3 is 15.0 Å². The van der Waals surface area contributed by atoms with Crippen LogP contribution in [0, 0.1) is 11.3 Å². The van der Waals surface area contributed by atoms with E-state index < -0.39 is 11.9 Å². The van der Waals surface area contributed by atoms with E-state index in [2.05, 4.69) is 14.9 Å². The average Bonchev–Trinajstić information content (AvgIpc) is 3.24. The van der Waals surface area contributed by atoms with Crippen LogP contribution >= 0.6 is 0 Å². The van der Waals surface area contributed by atoms with E-state index in [1.165, 1.54) is 0 Å². The van der Waals surface area contributed by atoms with Crippen molar-refractivity contribution in [1.82, 2.24) is 19.8 Å². The second kappa shape index (κ2) is 6.96. The summed E-state index contributed by atoms with van der Waals surface area (Å²) in [5.74, 6) is -0.229. The zero-order chi connectivity index (χ0) is 19.0. The maximum Gasteiger partial charge on any atom is 0.308 e. The molecule has 7 heteroatoms. The zero-order valence-electron chi connectivity index (χ0n) is 15.6. The highest BCUT2D eigenvalue weighted by atomic mass is 16.4. The van der Waals surface area contributed by atoms with E-state index in [1.807, 2.05) is 31.2 Å². The number of fused-ring (bicyclic) bond motifs is 1. The fraction of sp³-hybridized carbons (Fsp3) is 0.550. The molecule has 2 fully saturated rings. The first-order chi connectivity index (χ1) is 13.0. The lowest BCUT2D eigenvalue weighted by Gasteiger charge is -2.41. The molecule has 144 valence electrons. The Morgan fingerprint density at radius 2 is 2.04 bits per heavy atom. The standard InChI is InChI=1S/C20H26N4O3/c1-2-18(25)24-11-14(19(26)27)20(13-24)7-9-23(10-8-20)12-17-21-15-5-3-4-6-16(15)22-17/h3-6,14H,2,7-13H2,1H3,(H,21,22)(H,26,27). The van der Waals surface area contributed by atoms with Crippen molar-refractivity contribution in [2.75, 3.05) is 26.2 Å². The van der Waals surface area contributed by atoms with Gasteiger partial charge >= 0.3 is 5.97 Å². The van der Waals surface area contributed by atoms with Gasteiger partial charge in [0.1, 0.15) is 5.82 Å². The van der Waals surface area contributed by atoms with Crippen LogP contribution in [-0.2, 0) is 16.1 Å². The number of nitrogens with one attached hydrogen (secondary N) is 1. The van der Waals surface area contributed by atoms with Gasteiger partial charge in [-0.15, -0.1) is 0 Å². The maximum atomic E-state index is 12.1. The van der Waals surface area contributed by atoms with Crippen LogP contribution in [0.25, 0.3) is 11.0 Å². The Morgan fingerprint density at radius 3 is 2.70 bits per heavy atom. The minimum Gasteiger partial charge on any atom is -0.481 e. The Balaban J connectivity index is 1.43. The number of carbonyl (C=O) groups is 2. The molecule has 2 aliphatic heterocycles. The number of aromatic amines is 1. The summed E-state index contributed by atoms with van der Waals surface area (Å²) in [5.41, 5.74) is 1.72. The van der Waals surface area contributed by atoms with Gasteiger partial charge in [-0.25, -0.2) is 4.98 Å². The number of amides is 1. The normalized spacial score (nSPS) is 22.6. The quantitative estimate of drug-likeness (QED) is 0.860. The van der Waals surface area contributed by atoms with Gasteiger partial charge in [0.05, 0.1) is 23.5 Å². The lowest BCUT2D eigenvalue weighted by atomic mass is 9.71. The second-order valence-corrected chi connectivity index (χ2v) is 7.86. The summed E-state index contributed by atoms with van der Waals surface area (Å²) >= 11 is 0. The Morgan fingerprint density at radius 1 is 1.30 bits per heavy atom. The Bertz CT molecular complexity index is 821. The molecular weight excluding hydrogens is 344 g/mol. The number of likely N-dealkylation sites (tertiary alicyclic amines) is 2. The summed E-state index contributed by atoms with van der Waals surface area (Å²) < 4.78 is 0. The maximum absolute atomic E-state index is 12.1. The first-order valence-corrected chi connectivity index (χ1v) is 9.67. The van der Waals surface area contributed by atoms with Gasteiger partial charge in [0.25, 0.3) is 0 Å². The second-order valence-electron chi connectivity index (χ2n) is 7.86. The molecule has 27 heavy (non-hydrogen) atoms. The van der Waals surface area contributed by atoms with Crippen LogP contribution in [0.4, 0.5) is 0 Å². The number of benzene rings is 1. The number of aromatic nitrogens is 2. The van der Waals surface area contributed by atoms with E-state index in [9.17, 15) is 14.7 Å². The molecular formula is C20H26N4O3. The highest BCUT2D eigenvalue weighted by Gasteiger charge is 2.52. The molecule has 2 aliphatic rings. The highest BCUT2D eigenvalue weighted by molar-refractivity contribution is 5.79. The molecule has 2 saturated heterocycles. The van der Waals surface area contributed by atoms with Crippen LogP contribution in [0.2, 0.25) is 0 Å². The molecule has 1 unspecified atom stereocenters. The summed E-state index contributed by atoms with van der Waals surface area (Å²) in [4.78, 5) is 36.0. The zero-order valence-corrected chi connectivity index (χ0v) is 15.6. The lowest BCUT2D eigenvalue weighted by molar-refractivity contribution is -0.145. The topological polar surface area (TPSA) is 89.5 Å². The largest absolute Gasteiger partial charge is 0.481 e. The van der Waals surface area contributed by atoms with Gasteiger partial charge in [-0.3, -0.25) is 14.5 Å². The molecule has 7 nitrogen and oxygen atoms in total. The predicted octanol–water partition coefficient (Wildman–Crippen LogP) is 2.10. The number of para-hydroxylation sites is 2. The van der Waals surface area contributed by atoms with E-state index >= 15 is 0 Å². The Kier molecular flexibility index (Phi) is 4.63. The first kappa shape index (κ1) is 18.0. The van der Waals surface area contributed by atoms with Gasteiger partial charge in [-0.1, -0.05) is 19.1 Å². The van der Waals surface area contributed by atoms with Gasteiger partial charge in [0.15, 0.2) is 0 Å². The highest BCUT2D eigenvalue weighted by Crippen LogP contribution is 2.45. The molecule has 1 atom stereocenters. The van der Waals surface area contributed by atoms with Crippen molar-refractivity contribution in [1.29, 1.82) is 0 Å². The Hall–Kier alpha value is -2.41. The average molecular weight is 370 g/mol. The third kappa shape index (κ3) is 3.32. The Labute approximate surface area is 158 Å². The fourth-order valence-electron chi connectivity index (χ4n) is 4.68. The number of nitrogens with zero attached hydrogens (tertiary/aromatic N) is 3. The molecule has 1 aromatic heterocycles. The number of carboxylic acids is 1. The van der Waals surface area contributed by atoms with Crippen molar-refractivity contribution in [3.63, 3.8) is 0 Å². The molecule has 0 bridgehead atoms. The summed E-state index contributed by atoms with van der Waals surface area (Å²) in [7, 11) is 0. The van der Waals surface area contributed by atoms with Gasteiger partial charge in [0.2, 0.25) is 5.91 Å². The molecule has 3 heterocycles. The molecule has 0 aliphatic carbocycles. The smallest absolute Gasteiger partial charge is 0.308 e. The minimum absolute atomic E-state index is 0.0582. The molecule has 2 N–H and O–H groups in total. The number of carbonyl (C=O) groups excluding carboxylic acids is 1. The summed E-state index contributed by atoms with van der Waals surface area (Å²) in [6.45, 7) is 5.16. The van der Waals surface area contributed by atoms with E-state index in [1.54, 1.807) is 4.90 Å².